The van der Waals surface area contributed by atoms with Gasteiger partial charge in [-0.1, -0.05) is 13.8 Å². The minimum atomic E-state index is -5.79. The van der Waals surface area contributed by atoms with Gasteiger partial charge in [-0.05, 0) is 13.0 Å². The van der Waals surface area contributed by atoms with Crippen LogP contribution in [0.2, 0.25) is 0 Å². The monoisotopic (exact) mass is 253 g/mol. The summed E-state index contributed by atoms with van der Waals surface area (Å²) in [6.07, 6.45) is -11.6. The maximum absolute atomic E-state index is 12.4. The highest BCUT2D eigenvalue weighted by atomic mass is 19.4. The van der Waals surface area contributed by atoms with Crippen LogP contribution in [0.15, 0.2) is 0 Å². The Labute approximate surface area is 88.6 Å². The second kappa shape index (κ2) is 4.40. The van der Waals surface area contributed by atoms with Crippen molar-refractivity contribution >= 4 is 0 Å². The van der Waals surface area contributed by atoms with Gasteiger partial charge in [-0.2, -0.15) is 26.3 Å². The number of likely N-dealkylation sites (N-methyl/N-ethyl adjacent to an activating group) is 1. The second-order valence-corrected chi connectivity index (χ2v) is 3.77. The van der Waals surface area contributed by atoms with Crippen molar-refractivity contribution in [3.63, 3.8) is 0 Å². The first-order valence-electron chi connectivity index (χ1n) is 4.42. The topological polar surface area (TPSA) is 32.3 Å². The van der Waals surface area contributed by atoms with Gasteiger partial charge in [-0.15, -0.1) is 0 Å². The minimum absolute atomic E-state index is 0.938. The Hall–Kier alpha value is -0.500. The number of rotatable bonds is 3. The molecule has 0 bridgehead atoms. The van der Waals surface area contributed by atoms with Crippen LogP contribution in [-0.2, 0) is 0 Å². The molecule has 8 heteroatoms. The Bertz CT molecular complexity index is 220. The highest BCUT2D eigenvalue weighted by Gasteiger charge is 2.74. The molecule has 0 aliphatic heterocycles. The van der Waals surface area contributed by atoms with Gasteiger partial charge < -0.3 is 10.4 Å². The SMILES string of the molecule is CN[C@H](C(C)C)C(O)(C(F)(F)F)C(F)(F)F. The van der Waals surface area contributed by atoms with E-state index in [4.69, 9.17) is 5.11 Å². The Morgan fingerprint density at radius 1 is 0.938 bits per heavy atom. The zero-order chi connectivity index (χ0) is 13.4. The highest BCUT2D eigenvalue weighted by molar-refractivity contribution is 5.03. The molecule has 0 aromatic carbocycles. The number of hydrogen-bond donors (Lipinski definition) is 2. The third kappa shape index (κ3) is 2.42. The number of alkyl halides is 6. The van der Waals surface area contributed by atoms with E-state index in [1.54, 1.807) is 0 Å². The lowest BCUT2D eigenvalue weighted by Gasteiger charge is -2.40. The minimum Gasteiger partial charge on any atom is -0.372 e. The van der Waals surface area contributed by atoms with Crippen LogP contribution in [0.3, 0.4) is 0 Å². The van der Waals surface area contributed by atoms with E-state index in [2.05, 4.69) is 0 Å². The molecule has 98 valence electrons. The average Bonchev–Trinajstić information content (AvgIpc) is 1.99. The summed E-state index contributed by atoms with van der Waals surface area (Å²) in [5, 5.41) is 10.9. The molecular weight excluding hydrogens is 240 g/mol. The van der Waals surface area contributed by atoms with Crippen LogP contribution < -0.4 is 5.32 Å². The standard InChI is InChI=1S/C8H13F6NO/c1-4(2)5(15-3)6(16,7(9,10)11)8(12,13)14/h4-5,15-16H,1-3H3/t5-/m1/s1. The van der Waals surface area contributed by atoms with Gasteiger partial charge in [0.15, 0.2) is 0 Å². The van der Waals surface area contributed by atoms with Gasteiger partial charge in [0, 0.05) is 0 Å². The van der Waals surface area contributed by atoms with Crippen LogP contribution >= 0.6 is 0 Å². The fourth-order valence-corrected chi connectivity index (χ4v) is 1.54. The number of nitrogens with one attached hydrogen (secondary N) is 1. The van der Waals surface area contributed by atoms with Gasteiger partial charge in [-0.25, -0.2) is 0 Å². The summed E-state index contributed by atoms with van der Waals surface area (Å²) in [7, 11) is 0.938. The Morgan fingerprint density at radius 2 is 1.25 bits per heavy atom. The normalized spacial score (nSPS) is 16.7. The molecule has 0 aliphatic carbocycles. The van der Waals surface area contributed by atoms with Crippen molar-refractivity contribution in [2.24, 2.45) is 5.92 Å². The van der Waals surface area contributed by atoms with E-state index < -0.39 is 29.9 Å². The molecule has 0 heterocycles. The Balaban J connectivity index is 5.58. The molecule has 0 unspecified atom stereocenters. The van der Waals surface area contributed by atoms with E-state index in [9.17, 15) is 26.3 Å². The van der Waals surface area contributed by atoms with Gasteiger partial charge in [-0.3, -0.25) is 0 Å². The molecule has 2 nitrogen and oxygen atoms in total. The lowest BCUT2D eigenvalue weighted by Crippen LogP contribution is -2.69. The number of aliphatic hydroxyl groups is 1. The summed E-state index contributed by atoms with van der Waals surface area (Å²) in [5.41, 5.74) is -4.75. The molecule has 0 radical (unpaired) electrons. The molecule has 0 aromatic heterocycles. The van der Waals surface area contributed by atoms with Crippen molar-refractivity contribution < 1.29 is 31.4 Å². The van der Waals surface area contributed by atoms with Crippen LogP contribution in [0.5, 0.6) is 0 Å². The van der Waals surface area contributed by atoms with E-state index in [1.807, 2.05) is 5.32 Å². The third-order valence-corrected chi connectivity index (χ3v) is 2.29. The van der Waals surface area contributed by atoms with E-state index >= 15 is 0 Å². The molecule has 0 aliphatic rings. The first-order chi connectivity index (χ1) is 6.89. The van der Waals surface area contributed by atoms with E-state index in [-0.39, 0.29) is 0 Å². The van der Waals surface area contributed by atoms with Crippen LogP contribution in [0.4, 0.5) is 26.3 Å². The predicted octanol–water partition coefficient (Wildman–Crippen LogP) is 2.09. The van der Waals surface area contributed by atoms with Gasteiger partial charge in [0.2, 0.25) is 0 Å². The molecule has 0 fully saturated rings. The fourth-order valence-electron chi connectivity index (χ4n) is 1.54. The molecule has 0 saturated carbocycles. The van der Waals surface area contributed by atoms with Crippen molar-refractivity contribution in [1.82, 2.24) is 5.32 Å². The maximum atomic E-state index is 12.4. The van der Waals surface area contributed by atoms with Crippen molar-refractivity contribution in [2.45, 2.75) is 37.8 Å². The van der Waals surface area contributed by atoms with Crippen LogP contribution in [0, 0.1) is 5.92 Å². The van der Waals surface area contributed by atoms with Gasteiger partial charge in [0.1, 0.15) is 0 Å². The molecule has 0 saturated heterocycles. The molecule has 0 amide bonds. The van der Waals surface area contributed by atoms with Crippen LogP contribution in [0.1, 0.15) is 13.8 Å². The summed E-state index contributed by atoms with van der Waals surface area (Å²) in [6, 6.07) is -2.16. The van der Waals surface area contributed by atoms with Gasteiger partial charge >= 0.3 is 12.4 Å². The summed E-state index contributed by atoms with van der Waals surface area (Å²) < 4.78 is 74.3. The Morgan fingerprint density at radius 3 is 1.31 bits per heavy atom. The van der Waals surface area contributed by atoms with Gasteiger partial charge in [0.05, 0.1) is 6.04 Å². The molecule has 1 atom stereocenters. The molecule has 0 spiro atoms. The summed E-state index contributed by atoms with van der Waals surface area (Å²) >= 11 is 0. The van der Waals surface area contributed by atoms with Crippen molar-refractivity contribution in [1.29, 1.82) is 0 Å². The van der Waals surface area contributed by atoms with E-state index in [0.717, 1.165) is 20.9 Å². The van der Waals surface area contributed by atoms with Crippen molar-refractivity contribution in [2.75, 3.05) is 7.05 Å². The first kappa shape index (κ1) is 15.5. The Kier molecular flexibility index (Phi) is 4.26. The molecule has 16 heavy (non-hydrogen) atoms. The second-order valence-electron chi connectivity index (χ2n) is 3.77. The zero-order valence-electron chi connectivity index (χ0n) is 8.87. The number of halogens is 6. The maximum Gasteiger partial charge on any atom is 0.427 e. The predicted molar refractivity (Wildman–Crippen MR) is 44.7 cm³/mol. The summed E-state index contributed by atoms with van der Waals surface area (Å²) in [6.45, 7) is 2.31. The lowest BCUT2D eigenvalue weighted by molar-refractivity contribution is -0.379. The first-order valence-corrected chi connectivity index (χ1v) is 4.42. The van der Waals surface area contributed by atoms with Crippen molar-refractivity contribution in [3.05, 3.63) is 0 Å². The number of hydrogen-bond acceptors (Lipinski definition) is 2. The largest absolute Gasteiger partial charge is 0.427 e. The van der Waals surface area contributed by atoms with E-state index in [1.165, 1.54) is 0 Å². The van der Waals surface area contributed by atoms with Gasteiger partial charge in [0.25, 0.3) is 5.60 Å². The quantitative estimate of drug-likeness (QED) is 0.755. The third-order valence-electron chi connectivity index (χ3n) is 2.29. The molecule has 2 N–H and O–H groups in total. The van der Waals surface area contributed by atoms with Crippen LogP contribution in [0.25, 0.3) is 0 Å². The van der Waals surface area contributed by atoms with Crippen molar-refractivity contribution in [3.8, 4) is 0 Å². The smallest absolute Gasteiger partial charge is 0.372 e. The molecule has 0 rings (SSSR count). The fraction of sp³-hybridized carbons (Fsp3) is 1.00. The highest BCUT2D eigenvalue weighted by Crippen LogP contribution is 2.46. The van der Waals surface area contributed by atoms with Crippen LogP contribution in [-0.4, -0.2) is 36.1 Å². The zero-order valence-corrected chi connectivity index (χ0v) is 8.87. The molecular formula is C8H13F6NO. The summed E-state index contributed by atoms with van der Waals surface area (Å²) in [5.74, 6) is -1.04. The van der Waals surface area contributed by atoms with E-state index in [0.29, 0.717) is 0 Å². The lowest BCUT2D eigenvalue weighted by atomic mass is 9.85. The molecule has 0 aromatic rings. The summed E-state index contributed by atoms with van der Waals surface area (Å²) in [4.78, 5) is 0. The average molecular weight is 253 g/mol.